The molecule has 0 radical (unpaired) electrons. The number of carbonyl (C=O) groups excluding carboxylic acids is 1. The standard InChI is InChI=1S/C15H31FN2O4/c1-4-15(19)18-11-14(16)12-22-10-9-21-8-7-20-6-5-17-13(2)3/h13-14,17H,4-12H2,1-3H3,(H,18,19). The second kappa shape index (κ2) is 15.1. The summed E-state index contributed by atoms with van der Waals surface area (Å²) < 4.78 is 29.1. The molecule has 0 bridgehead atoms. The predicted molar refractivity (Wildman–Crippen MR) is 83.8 cm³/mol. The molecule has 0 aromatic heterocycles. The minimum atomic E-state index is -1.19. The van der Waals surface area contributed by atoms with Crippen LogP contribution in [0.4, 0.5) is 4.39 Å². The first-order chi connectivity index (χ1) is 10.6. The Kier molecular flexibility index (Phi) is 14.6. The molecule has 6 nitrogen and oxygen atoms in total. The monoisotopic (exact) mass is 322 g/mol. The first-order valence-corrected chi connectivity index (χ1v) is 7.93. The Hall–Kier alpha value is -0.760. The van der Waals surface area contributed by atoms with E-state index in [1.807, 2.05) is 0 Å². The highest BCUT2D eigenvalue weighted by atomic mass is 19.1. The van der Waals surface area contributed by atoms with Gasteiger partial charge in [-0.2, -0.15) is 0 Å². The van der Waals surface area contributed by atoms with Crippen molar-refractivity contribution in [2.75, 3.05) is 52.7 Å². The van der Waals surface area contributed by atoms with E-state index in [0.29, 0.717) is 45.5 Å². The van der Waals surface area contributed by atoms with Crippen LogP contribution in [-0.4, -0.2) is 70.9 Å². The molecule has 0 saturated carbocycles. The van der Waals surface area contributed by atoms with Gasteiger partial charge >= 0.3 is 0 Å². The fourth-order valence-corrected chi connectivity index (χ4v) is 1.48. The third kappa shape index (κ3) is 15.6. The molecule has 0 heterocycles. The molecule has 0 rings (SSSR count). The van der Waals surface area contributed by atoms with Crippen LogP contribution in [0.1, 0.15) is 27.2 Å². The number of halogens is 1. The van der Waals surface area contributed by atoms with Crippen LogP contribution in [-0.2, 0) is 19.0 Å². The Morgan fingerprint density at radius 2 is 1.64 bits per heavy atom. The molecule has 7 heteroatoms. The number of hydrogen-bond acceptors (Lipinski definition) is 5. The number of rotatable bonds is 15. The Morgan fingerprint density at radius 3 is 2.23 bits per heavy atom. The van der Waals surface area contributed by atoms with Crippen molar-refractivity contribution in [2.45, 2.75) is 39.4 Å². The van der Waals surface area contributed by atoms with Crippen molar-refractivity contribution in [1.82, 2.24) is 10.6 Å². The molecule has 0 aromatic rings. The molecular weight excluding hydrogens is 291 g/mol. The third-order valence-corrected chi connectivity index (χ3v) is 2.68. The van der Waals surface area contributed by atoms with E-state index in [0.717, 1.165) is 6.54 Å². The maximum Gasteiger partial charge on any atom is 0.219 e. The van der Waals surface area contributed by atoms with Crippen molar-refractivity contribution >= 4 is 5.91 Å². The highest BCUT2D eigenvalue weighted by molar-refractivity contribution is 5.75. The van der Waals surface area contributed by atoms with E-state index in [9.17, 15) is 9.18 Å². The zero-order valence-electron chi connectivity index (χ0n) is 14.0. The van der Waals surface area contributed by atoms with Gasteiger partial charge in [0.2, 0.25) is 5.91 Å². The van der Waals surface area contributed by atoms with Crippen LogP contribution in [0, 0.1) is 0 Å². The van der Waals surface area contributed by atoms with Gasteiger partial charge in [0, 0.05) is 19.0 Å². The summed E-state index contributed by atoms with van der Waals surface area (Å²) in [4.78, 5) is 10.9. The van der Waals surface area contributed by atoms with Crippen molar-refractivity contribution in [3.05, 3.63) is 0 Å². The lowest BCUT2D eigenvalue weighted by molar-refractivity contribution is -0.121. The van der Waals surface area contributed by atoms with Crippen molar-refractivity contribution in [1.29, 1.82) is 0 Å². The van der Waals surface area contributed by atoms with Gasteiger partial charge in [0.25, 0.3) is 0 Å². The van der Waals surface area contributed by atoms with Gasteiger partial charge in [-0.15, -0.1) is 0 Å². The summed E-state index contributed by atoms with van der Waals surface area (Å²) in [6.07, 6.45) is -0.830. The lowest BCUT2D eigenvalue weighted by Crippen LogP contribution is -2.32. The highest BCUT2D eigenvalue weighted by Gasteiger charge is 2.07. The zero-order chi connectivity index (χ0) is 16.6. The van der Waals surface area contributed by atoms with Crippen LogP contribution in [0.25, 0.3) is 0 Å². The van der Waals surface area contributed by atoms with E-state index in [1.165, 1.54) is 0 Å². The van der Waals surface area contributed by atoms with Crippen LogP contribution < -0.4 is 10.6 Å². The van der Waals surface area contributed by atoms with E-state index in [-0.39, 0.29) is 19.1 Å². The predicted octanol–water partition coefficient (Wildman–Crippen LogP) is 0.899. The van der Waals surface area contributed by atoms with Crippen molar-refractivity contribution in [2.24, 2.45) is 0 Å². The van der Waals surface area contributed by atoms with Crippen molar-refractivity contribution < 1.29 is 23.4 Å². The van der Waals surface area contributed by atoms with Crippen molar-refractivity contribution in [3.63, 3.8) is 0 Å². The molecule has 0 aliphatic rings. The SMILES string of the molecule is CCC(=O)NCC(F)COCCOCCOCCNC(C)C. The molecule has 0 spiro atoms. The fraction of sp³-hybridized carbons (Fsp3) is 0.933. The molecule has 1 atom stereocenters. The van der Waals surface area contributed by atoms with Gasteiger partial charge in [-0.25, -0.2) is 4.39 Å². The minimum Gasteiger partial charge on any atom is -0.378 e. The first-order valence-electron chi connectivity index (χ1n) is 7.93. The molecule has 1 unspecified atom stereocenters. The van der Waals surface area contributed by atoms with E-state index in [4.69, 9.17) is 14.2 Å². The van der Waals surface area contributed by atoms with Gasteiger partial charge in [-0.1, -0.05) is 20.8 Å². The van der Waals surface area contributed by atoms with E-state index >= 15 is 0 Å². The van der Waals surface area contributed by atoms with Gasteiger partial charge in [-0.05, 0) is 0 Å². The second-order valence-corrected chi connectivity index (χ2v) is 5.16. The maximum absolute atomic E-state index is 13.3. The summed E-state index contributed by atoms with van der Waals surface area (Å²) in [5.74, 6) is -0.158. The number of ether oxygens (including phenoxy) is 3. The summed E-state index contributed by atoms with van der Waals surface area (Å²) in [5.41, 5.74) is 0. The van der Waals surface area contributed by atoms with Crippen LogP contribution in [0.5, 0.6) is 0 Å². The van der Waals surface area contributed by atoms with Crippen LogP contribution in [0.15, 0.2) is 0 Å². The Bertz CT molecular complexity index is 268. The molecule has 0 aliphatic heterocycles. The summed E-state index contributed by atoms with van der Waals surface area (Å²) in [6.45, 7) is 9.10. The summed E-state index contributed by atoms with van der Waals surface area (Å²) in [5, 5.41) is 5.73. The molecule has 22 heavy (non-hydrogen) atoms. The minimum absolute atomic E-state index is 0.00815. The fourth-order valence-electron chi connectivity index (χ4n) is 1.48. The summed E-state index contributed by atoms with van der Waals surface area (Å²) in [6, 6.07) is 0.464. The molecule has 0 aliphatic carbocycles. The van der Waals surface area contributed by atoms with Crippen LogP contribution in [0.3, 0.4) is 0 Å². The molecule has 0 aromatic carbocycles. The maximum atomic E-state index is 13.3. The van der Waals surface area contributed by atoms with Gasteiger partial charge < -0.3 is 24.8 Å². The van der Waals surface area contributed by atoms with Gasteiger partial charge in [0.05, 0.1) is 46.2 Å². The molecule has 0 fully saturated rings. The zero-order valence-corrected chi connectivity index (χ0v) is 14.0. The van der Waals surface area contributed by atoms with Gasteiger partial charge in [0.15, 0.2) is 0 Å². The number of alkyl halides is 1. The third-order valence-electron chi connectivity index (χ3n) is 2.68. The van der Waals surface area contributed by atoms with E-state index in [1.54, 1.807) is 6.92 Å². The van der Waals surface area contributed by atoms with Crippen LogP contribution in [0.2, 0.25) is 0 Å². The Labute approximate surface area is 133 Å². The first kappa shape index (κ1) is 21.2. The summed E-state index contributed by atoms with van der Waals surface area (Å²) in [7, 11) is 0. The smallest absolute Gasteiger partial charge is 0.219 e. The summed E-state index contributed by atoms with van der Waals surface area (Å²) >= 11 is 0. The van der Waals surface area contributed by atoms with Crippen LogP contribution >= 0.6 is 0 Å². The normalized spacial score (nSPS) is 12.6. The molecule has 1 amide bonds. The number of amides is 1. The lowest BCUT2D eigenvalue weighted by Gasteiger charge is -2.11. The van der Waals surface area contributed by atoms with Gasteiger partial charge in [0.1, 0.15) is 6.17 Å². The average Bonchev–Trinajstić information content (AvgIpc) is 2.49. The quantitative estimate of drug-likeness (QED) is 0.438. The Morgan fingerprint density at radius 1 is 1.05 bits per heavy atom. The number of carbonyl (C=O) groups is 1. The molecule has 2 N–H and O–H groups in total. The topological polar surface area (TPSA) is 68.8 Å². The molecule has 132 valence electrons. The Balaban J connectivity index is 3.18. The highest BCUT2D eigenvalue weighted by Crippen LogP contribution is 1.91. The molecular formula is C15H31FN2O4. The number of hydrogen-bond donors (Lipinski definition) is 2. The van der Waals surface area contributed by atoms with E-state index < -0.39 is 6.17 Å². The largest absolute Gasteiger partial charge is 0.378 e. The van der Waals surface area contributed by atoms with Crippen molar-refractivity contribution in [3.8, 4) is 0 Å². The lowest BCUT2D eigenvalue weighted by atomic mass is 10.4. The second-order valence-electron chi connectivity index (χ2n) is 5.16. The van der Waals surface area contributed by atoms with E-state index in [2.05, 4.69) is 24.5 Å². The van der Waals surface area contributed by atoms with Gasteiger partial charge in [-0.3, -0.25) is 4.79 Å². The molecule has 0 saturated heterocycles. The average molecular weight is 322 g/mol. The number of nitrogens with one attached hydrogen (secondary N) is 2.